The number of halogens is 2. The van der Waals surface area contributed by atoms with Crippen molar-refractivity contribution in [3.8, 4) is 23.3 Å². The summed E-state index contributed by atoms with van der Waals surface area (Å²) >= 11 is 12.5. The van der Waals surface area contributed by atoms with Crippen LogP contribution < -0.4 is 9.47 Å². The van der Waals surface area contributed by atoms with E-state index in [1.165, 1.54) is 12.1 Å². The number of hydrogen-bond acceptors (Lipinski definition) is 5. The topological polar surface area (TPSA) is 92.4 Å². The van der Waals surface area contributed by atoms with Gasteiger partial charge in [0.2, 0.25) is 0 Å². The normalized spacial score (nSPS) is 10.2. The Balaban J connectivity index is 1.89. The van der Waals surface area contributed by atoms with Crippen molar-refractivity contribution in [1.29, 1.82) is 5.26 Å². The van der Waals surface area contributed by atoms with E-state index in [0.29, 0.717) is 11.3 Å². The number of aromatic nitrogens is 1. The van der Waals surface area contributed by atoms with E-state index in [1.807, 2.05) is 18.2 Å². The first-order chi connectivity index (χ1) is 14.0. The molecule has 3 aromatic rings. The van der Waals surface area contributed by atoms with Crippen molar-refractivity contribution < 1.29 is 19.4 Å². The number of benzene rings is 2. The van der Waals surface area contributed by atoms with E-state index in [2.05, 4.69) is 4.98 Å². The van der Waals surface area contributed by atoms with Gasteiger partial charge < -0.3 is 14.6 Å². The van der Waals surface area contributed by atoms with Crippen molar-refractivity contribution in [3.05, 3.63) is 81.6 Å². The third kappa shape index (κ3) is 5.17. The third-order valence-electron chi connectivity index (χ3n) is 3.90. The summed E-state index contributed by atoms with van der Waals surface area (Å²) in [4.78, 5) is 14.9. The van der Waals surface area contributed by atoms with Gasteiger partial charge in [-0.25, -0.2) is 0 Å². The first-order valence-corrected chi connectivity index (χ1v) is 9.16. The molecule has 29 heavy (non-hydrogen) atoms. The highest BCUT2D eigenvalue weighted by molar-refractivity contribution is 6.33. The summed E-state index contributed by atoms with van der Waals surface area (Å²) in [5.74, 6) is -0.252. The van der Waals surface area contributed by atoms with Gasteiger partial charge >= 0.3 is 5.97 Å². The lowest BCUT2D eigenvalue weighted by Crippen LogP contribution is -2.01. The van der Waals surface area contributed by atoms with Crippen molar-refractivity contribution in [2.75, 3.05) is 0 Å². The summed E-state index contributed by atoms with van der Waals surface area (Å²) in [6.07, 6.45) is 3.06. The van der Waals surface area contributed by atoms with Gasteiger partial charge in [0.25, 0.3) is 0 Å². The fraction of sp³-hybridized carbons (Fsp3) is 0.0952. The molecule has 0 aliphatic heterocycles. The summed E-state index contributed by atoms with van der Waals surface area (Å²) in [6, 6.07) is 13.5. The summed E-state index contributed by atoms with van der Waals surface area (Å²) in [7, 11) is 0. The second-order valence-corrected chi connectivity index (χ2v) is 6.72. The van der Waals surface area contributed by atoms with Crippen LogP contribution in [0.5, 0.6) is 17.2 Å². The van der Waals surface area contributed by atoms with Crippen LogP contribution in [0.2, 0.25) is 10.0 Å². The molecule has 0 aliphatic carbocycles. The highest BCUT2D eigenvalue weighted by Crippen LogP contribution is 2.38. The molecular formula is C21H14Cl2N2O4. The van der Waals surface area contributed by atoms with Gasteiger partial charge in [-0.3, -0.25) is 9.78 Å². The Bertz CT molecular complexity index is 1080. The second-order valence-electron chi connectivity index (χ2n) is 5.94. The van der Waals surface area contributed by atoms with Crippen molar-refractivity contribution in [1.82, 2.24) is 4.98 Å². The molecular weight excluding hydrogens is 415 g/mol. The van der Waals surface area contributed by atoms with Gasteiger partial charge in [0.1, 0.15) is 35.5 Å². The van der Waals surface area contributed by atoms with E-state index in [4.69, 9.17) is 37.8 Å². The maximum atomic E-state index is 11.0. The van der Waals surface area contributed by atoms with Gasteiger partial charge in [0, 0.05) is 24.5 Å². The molecule has 0 radical (unpaired) electrons. The molecule has 1 N–H and O–H groups in total. The number of aliphatic carboxylic acids is 1. The Morgan fingerprint density at radius 3 is 2.59 bits per heavy atom. The third-order valence-corrected chi connectivity index (χ3v) is 4.63. The molecule has 2 aromatic carbocycles. The summed E-state index contributed by atoms with van der Waals surface area (Å²) in [6.45, 7) is 0.277. The van der Waals surface area contributed by atoms with Crippen LogP contribution in [0, 0.1) is 11.3 Å². The molecule has 0 bridgehead atoms. The highest BCUT2D eigenvalue weighted by atomic mass is 35.5. The predicted molar refractivity (Wildman–Crippen MR) is 108 cm³/mol. The van der Waals surface area contributed by atoms with E-state index < -0.39 is 5.97 Å². The van der Waals surface area contributed by atoms with Gasteiger partial charge in [0.05, 0.1) is 16.5 Å². The lowest BCUT2D eigenvalue weighted by molar-refractivity contribution is -0.136. The second kappa shape index (κ2) is 9.28. The van der Waals surface area contributed by atoms with Crippen molar-refractivity contribution in [2.45, 2.75) is 13.0 Å². The SMILES string of the molecule is N#Cc1c(Cl)cc(OCc2ccncc2)cc1Oc1cccc(CC(=O)O)c1Cl. The number of carboxylic acids is 1. The summed E-state index contributed by atoms with van der Waals surface area (Å²) in [5.41, 5.74) is 1.42. The number of nitrogens with zero attached hydrogens (tertiary/aromatic N) is 2. The Morgan fingerprint density at radius 2 is 1.90 bits per heavy atom. The maximum Gasteiger partial charge on any atom is 0.307 e. The molecule has 0 unspecified atom stereocenters. The average Bonchev–Trinajstić information content (AvgIpc) is 2.70. The quantitative estimate of drug-likeness (QED) is 0.551. The van der Waals surface area contributed by atoms with Crippen LogP contribution >= 0.6 is 23.2 Å². The zero-order valence-corrected chi connectivity index (χ0v) is 16.4. The standard InChI is InChI=1S/C21H14Cl2N2O4/c22-17-9-15(28-12-13-4-6-25-7-5-13)10-19(16(17)11-24)29-18-3-1-2-14(21(18)23)8-20(26)27/h1-7,9-10H,8,12H2,(H,26,27). The molecule has 1 aromatic heterocycles. The number of nitriles is 1. The van der Waals surface area contributed by atoms with Crippen LogP contribution in [0.1, 0.15) is 16.7 Å². The Kier molecular flexibility index (Phi) is 6.55. The summed E-state index contributed by atoms with van der Waals surface area (Å²) in [5, 5.41) is 18.8. The molecule has 0 aliphatic rings. The smallest absolute Gasteiger partial charge is 0.307 e. The molecule has 8 heteroatoms. The molecule has 0 amide bonds. The largest absolute Gasteiger partial charge is 0.489 e. The average molecular weight is 429 g/mol. The van der Waals surface area contributed by atoms with Gasteiger partial charge in [-0.2, -0.15) is 5.26 Å². The number of pyridine rings is 1. The number of hydrogen-bond donors (Lipinski definition) is 1. The Morgan fingerprint density at radius 1 is 1.14 bits per heavy atom. The van der Waals surface area contributed by atoms with E-state index in [9.17, 15) is 10.1 Å². The van der Waals surface area contributed by atoms with E-state index in [-0.39, 0.29) is 40.1 Å². The first-order valence-electron chi connectivity index (χ1n) is 8.40. The molecule has 3 rings (SSSR count). The van der Waals surface area contributed by atoms with E-state index >= 15 is 0 Å². The molecule has 0 fully saturated rings. The van der Waals surface area contributed by atoms with Crippen LogP contribution in [-0.4, -0.2) is 16.1 Å². The van der Waals surface area contributed by atoms with Crippen LogP contribution in [0.15, 0.2) is 54.9 Å². The van der Waals surface area contributed by atoms with Gasteiger partial charge in [0.15, 0.2) is 0 Å². The molecule has 0 saturated heterocycles. The fourth-order valence-electron chi connectivity index (χ4n) is 2.53. The minimum absolute atomic E-state index is 0.114. The van der Waals surface area contributed by atoms with Crippen molar-refractivity contribution >= 4 is 29.2 Å². The zero-order valence-electron chi connectivity index (χ0n) is 14.9. The number of ether oxygens (including phenoxy) is 2. The van der Waals surface area contributed by atoms with Crippen LogP contribution in [-0.2, 0) is 17.8 Å². The van der Waals surface area contributed by atoms with E-state index in [0.717, 1.165) is 5.56 Å². The predicted octanol–water partition coefficient (Wildman–Crippen LogP) is 5.26. The summed E-state index contributed by atoms with van der Waals surface area (Å²) < 4.78 is 11.6. The Hall–Kier alpha value is -3.27. The van der Waals surface area contributed by atoms with Crippen LogP contribution in [0.4, 0.5) is 0 Å². The van der Waals surface area contributed by atoms with Gasteiger partial charge in [-0.1, -0.05) is 35.3 Å². The maximum absolute atomic E-state index is 11.0. The molecule has 0 spiro atoms. The molecule has 1 heterocycles. The first kappa shape index (κ1) is 20.5. The molecule has 6 nitrogen and oxygen atoms in total. The number of rotatable bonds is 7. The van der Waals surface area contributed by atoms with Gasteiger partial charge in [-0.15, -0.1) is 0 Å². The number of carbonyl (C=O) groups is 1. The molecule has 0 saturated carbocycles. The minimum Gasteiger partial charge on any atom is -0.489 e. The monoisotopic (exact) mass is 428 g/mol. The zero-order chi connectivity index (χ0) is 20.8. The van der Waals surface area contributed by atoms with Crippen LogP contribution in [0.3, 0.4) is 0 Å². The fourth-order valence-corrected chi connectivity index (χ4v) is 3.00. The van der Waals surface area contributed by atoms with Gasteiger partial charge in [-0.05, 0) is 29.3 Å². The lowest BCUT2D eigenvalue weighted by Gasteiger charge is -2.14. The molecule has 146 valence electrons. The minimum atomic E-state index is -1.02. The van der Waals surface area contributed by atoms with E-state index in [1.54, 1.807) is 30.6 Å². The Labute approximate surface area is 176 Å². The van der Waals surface area contributed by atoms with Crippen molar-refractivity contribution in [3.63, 3.8) is 0 Å². The van der Waals surface area contributed by atoms with Crippen LogP contribution in [0.25, 0.3) is 0 Å². The number of carboxylic acid groups (broad SMARTS) is 1. The molecule has 0 atom stereocenters. The van der Waals surface area contributed by atoms with Crippen molar-refractivity contribution in [2.24, 2.45) is 0 Å². The lowest BCUT2D eigenvalue weighted by atomic mass is 10.1. The highest BCUT2D eigenvalue weighted by Gasteiger charge is 2.16.